The van der Waals surface area contributed by atoms with Crippen molar-refractivity contribution in [2.75, 3.05) is 18.5 Å². The predicted molar refractivity (Wildman–Crippen MR) is 66.1 cm³/mol. The molecule has 1 aromatic heterocycles. The largest absolute Gasteiger partial charge is 0.390 e. The van der Waals surface area contributed by atoms with E-state index in [-0.39, 0.29) is 11.4 Å². The summed E-state index contributed by atoms with van der Waals surface area (Å²) in [5.41, 5.74) is 2.18. The van der Waals surface area contributed by atoms with E-state index in [0.29, 0.717) is 0 Å². The van der Waals surface area contributed by atoms with E-state index in [1.807, 2.05) is 6.07 Å². The number of hydrogen-bond donors (Lipinski definition) is 2. The third-order valence-electron chi connectivity index (χ3n) is 3.17. The van der Waals surface area contributed by atoms with E-state index in [9.17, 15) is 8.78 Å². The molecule has 2 rings (SSSR count). The molecule has 1 heterocycles. The number of aromatic nitrogens is 1. The van der Waals surface area contributed by atoms with Gasteiger partial charge in [0.15, 0.2) is 0 Å². The second-order valence-electron chi connectivity index (χ2n) is 4.68. The lowest BCUT2D eigenvalue weighted by Gasteiger charge is -2.19. The van der Waals surface area contributed by atoms with Crippen molar-refractivity contribution in [3.8, 4) is 6.07 Å². The molecule has 0 fully saturated rings. The monoisotopic (exact) mass is 267 g/mol. The van der Waals surface area contributed by atoms with Crippen molar-refractivity contribution in [2.24, 2.45) is 0 Å². The molecule has 0 saturated carbocycles. The number of alkyl halides is 2. The second-order valence-corrected chi connectivity index (χ2v) is 4.68. The van der Waals surface area contributed by atoms with Gasteiger partial charge in [-0.2, -0.15) is 5.26 Å². The number of aliphatic hydroxyl groups is 1. The van der Waals surface area contributed by atoms with Crippen molar-refractivity contribution in [2.45, 2.75) is 31.6 Å². The number of pyridine rings is 1. The van der Waals surface area contributed by atoms with Gasteiger partial charge in [0, 0.05) is 5.69 Å². The maximum Gasteiger partial charge on any atom is 0.287 e. The molecule has 0 atom stereocenters. The standard InChI is InChI=1S/C13H15F2N3O/c14-13(15,8-19)7-17-12-10(6-16)5-9-3-1-2-4-11(9)18-12/h5,19H,1-4,7-8H2,(H,17,18). The average Bonchev–Trinajstić information content (AvgIpc) is 2.44. The smallest absolute Gasteiger partial charge is 0.287 e. The minimum atomic E-state index is -3.22. The van der Waals surface area contributed by atoms with Gasteiger partial charge in [0.2, 0.25) is 0 Å². The lowest BCUT2D eigenvalue weighted by Crippen LogP contribution is -2.31. The molecule has 2 N–H and O–H groups in total. The highest BCUT2D eigenvalue weighted by Gasteiger charge is 2.28. The van der Waals surface area contributed by atoms with Crippen LogP contribution in [0, 0.1) is 11.3 Å². The van der Waals surface area contributed by atoms with Gasteiger partial charge in [-0.3, -0.25) is 0 Å². The minimum absolute atomic E-state index is 0.177. The first-order valence-electron chi connectivity index (χ1n) is 6.21. The van der Waals surface area contributed by atoms with Gasteiger partial charge in [-0.15, -0.1) is 0 Å². The highest BCUT2D eigenvalue weighted by molar-refractivity contribution is 5.54. The van der Waals surface area contributed by atoms with Crippen LogP contribution in [-0.4, -0.2) is 29.2 Å². The number of aryl methyl sites for hydroxylation is 2. The summed E-state index contributed by atoms with van der Waals surface area (Å²) in [6.07, 6.45) is 3.78. The Balaban J connectivity index is 2.22. The molecule has 0 aliphatic heterocycles. The molecular weight excluding hydrogens is 252 g/mol. The van der Waals surface area contributed by atoms with Crippen LogP contribution >= 0.6 is 0 Å². The van der Waals surface area contributed by atoms with Gasteiger partial charge in [0.25, 0.3) is 5.92 Å². The highest BCUT2D eigenvalue weighted by atomic mass is 19.3. The zero-order valence-electron chi connectivity index (χ0n) is 10.4. The van der Waals surface area contributed by atoms with Gasteiger partial charge >= 0.3 is 0 Å². The number of nitrogens with zero attached hydrogens (tertiary/aromatic N) is 2. The molecular formula is C13H15F2N3O. The summed E-state index contributed by atoms with van der Waals surface area (Å²) in [5.74, 6) is -3.04. The van der Waals surface area contributed by atoms with E-state index < -0.39 is 19.1 Å². The van der Waals surface area contributed by atoms with Crippen LogP contribution in [0.25, 0.3) is 0 Å². The summed E-state index contributed by atoms with van der Waals surface area (Å²) < 4.78 is 26.0. The maximum atomic E-state index is 13.0. The number of hydrogen-bond acceptors (Lipinski definition) is 4. The van der Waals surface area contributed by atoms with E-state index in [2.05, 4.69) is 10.3 Å². The van der Waals surface area contributed by atoms with E-state index in [0.717, 1.165) is 36.9 Å². The normalized spacial score (nSPS) is 14.6. The Morgan fingerprint density at radius 2 is 2.16 bits per heavy atom. The quantitative estimate of drug-likeness (QED) is 0.873. The van der Waals surface area contributed by atoms with Crippen molar-refractivity contribution in [1.82, 2.24) is 4.98 Å². The SMILES string of the molecule is N#Cc1cc2c(nc1NCC(F)(F)CO)CCCC2. The van der Waals surface area contributed by atoms with Crippen LogP contribution in [0.1, 0.15) is 29.7 Å². The van der Waals surface area contributed by atoms with E-state index in [1.54, 1.807) is 6.07 Å². The van der Waals surface area contributed by atoms with Crippen LogP contribution in [0.2, 0.25) is 0 Å². The van der Waals surface area contributed by atoms with E-state index >= 15 is 0 Å². The topological polar surface area (TPSA) is 68.9 Å². The third kappa shape index (κ3) is 3.18. The summed E-state index contributed by atoms with van der Waals surface area (Å²) >= 11 is 0. The summed E-state index contributed by atoms with van der Waals surface area (Å²) in [5, 5.41) is 20.0. The van der Waals surface area contributed by atoms with Crippen molar-refractivity contribution in [3.05, 3.63) is 22.9 Å². The van der Waals surface area contributed by atoms with Crippen LogP contribution in [0.5, 0.6) is 0 Å². The first-order valence-corrected chi connectivity index (χ1v) is 6.21. The van der Waals surface area contributed by atoms with Crippen LogP contribution in [0.4, 0.5) is 14.6 Å². The fourth-order valence-electron chi connectivity index (χ4n) is 2.12. The van der Waals surface area contributed by atoms with Crippen molar-refractivity contribution in [3.63, 3.8) is 0 Å². The molecule has 0 saturated heterocycles. The van der Waals surface area contributed by atoms with Gasteiger partial charge in [-0.25, -0.2) is 13.8 Å². The summed E-state index contributed by atoms with van der Waals surface area (Å²) in [6.45, 7) is -1.96. The Kier molecular flexibility index (Phi) is 3.96. The van der Waals surface area contributed by atoms with Crippen LogP contribution in [0.15, 0.2) is 6.07 Å². The Morgan fingerprint density at radius 3 is 2.84 bits per heavy atom. The predicted octanol–water partition coefficient (Wildman–Crippen LogP) is 1.87. The van der Waals surface area contributed by atoms with Crippen molar-refractivity contribution >= 4 is 5.82 Å². The van der Waals surface area contributed by atoms with Crippen LogP contribution < -0.4 is 5.32 Å². The lowest BCUT2D eigenvalue weighted by molar-refractivity contribution is -0.0373. The summed E-state index contributed by atoms with van der Waals surface area (Å²) in [4.78, 5) is 4.27. The Bertz CT molecular complexity index is 511. The number of anilines is 1. The molecule has 4 nitrogen and oxygen atoms in total. The molecule has 0 spiro atoms. The maximum absolute atomic E-state index is 13.0. The molecule has 19 heavy (non-hydrogen) atoms. The third-order valence-corrected chi connectivity index (χ3v) is 3.17. The molecule has 0 radical (unpaired) electrons. The van der Waals surface area contributed by atoms with Crippen LogP contribution in [-0.2, 0) is 12.8 Å². The summed E-state index contributed by atoms with van der Waals surface area (Å²) in [7, 11) is 0. The number of rotatable bonds is 4. The highest BCUT2D eigenvalue weighted by Crippen LogP contribution is 2.25. The van der Waals surface area contributed by atoms with Gasteiger partial charge in [-0.1, -0.05) is 0 Å². The molecule has 1 aliphatic rings. The molecule has 1 aromatic rings. The van der Waals surface area contributed by atoms with Crippen LogP contribution in [0.3, 0.4) is 0 Å². The van der Waals surface area contributed by atoms with Crippen molar-refractivity contribution < 1.29 is 13.9 Å². The van der Waals surface area contributed by atoms with Gasteiger partial charge in [-0.05, 0) is 37.3 Å². The fraction of sp³-hybridized carbons (Fsp3) is 0.538. The van der Waals surface area contributed by atoms with Crippen molar-refractivity contribution in [1.29, 1.82) is 5.26 Å². The minimum Gasteiger partial charge on any atom is -0.390 e. The number of nitrogens with one attached hydrogen (secondary N) is 1. The Morgan fingerprint density at radius 1 is 1.42 bits per heavy atom. The number of aliphatic hydroxyl groups excluding tert-OH is 1. The van der Waals surface area contributed by atoms with Gasteiger partial charge in [0.1, 0.15) is 18.5 Å². The molecule has 0 amide bonds. The molecule has 1 aliphatic carbocycles. The Hall–Kier alpha value is -1.74. The zero-order chi connectivity index (χ0) is 13.9. The lowest BCUT2D eigenvalue weighted by atomic mass is 9.95. The number of halogens is 2. The zero-order valence-corrected chi connectivity index (χ0v) is 10.4. The molecule has 0 bridgehead atoms. The van der Waals surface area contributed by atoms with E-state index in [4.69, 9.17) is 10.4 Å². The second kappa shape index (κ2) is 5.49. The first kappa shape index (κ1) is 13.7. The number of nitriles is 1. The first-order chi connectivity index (χ1) is 9.05. The van der Waals surface area contributed by atoms with E-state index in [1.165, 1.54) is 0 Å². The molecule has 0 unspecified atom stereocenters. The molecule has 6 heteroatoms. The molecule has 0 aromatic carbocycles. The van der Waals surface area contributed by atoms with Gasteiger partial charge in [0.05, 0.1) is 12.1 Å². The Labute approximate surface area is 110 Å². The number of fused-ring (bicyclic) bond motifs is 1. The average molecular weight is 267 g/mol. The summed E-state index contributed by atoms with van der Waals surface area (Å²) in [6, 6.07) is 3.69. The fourth-order valence-corrected chi connectivity index (χ4v) is 2.12. The van der Waals surface area contributed by atoms with Gasteiger partial charge < -0.3 is 10.4 Å². The molecule has 102 valence electrons.